The quantitative estimate of drug-likeness (QED) is 0.599. The second-order valence-corrected chi connectivity index (χ2v) is 5.91. The van der Waals surface area contributed by atoms with Crippen LogP contribution in [0.4, 0.5) is 0 Å². The van der Waals surface area contributed by atoms with E-state index >= 15 is 0 Å². The Labute approximate surface area is 157 Å². The summed E-state index contributed by atoms with van der Waals surface area (Å²) in [4.78, 5) is 23.4. The summed E-state index contributed by atoms with van der Waals surface area (Å²) >= 11 is 0. The molecule has 0 radical (unpaired) electrons. The zero-order chi connectivity index (χ0) is 19.2. The van der Waals surface area contributed by atoms with Crippen LogP contribution < -0.4 is 4.74 Å². The molecule has 27 heavy (non-hydrogen) atoms. The van der Waals surface area contributed by atoms with Crippen LogP contribution in [-0.2, 0) is 20.8 Å². The molecule has 2 aromatic carbocycles. The number of hydrogen-bond acceptors (Lipinski definition) is 5. The summed E-state index contributed by atoms with van der Waals surface area (Å²) in [6.45, 7) is 2.55. The fourth-order valence-electron chi connectivity index (χ4n) is 2.86. The minimum atomic E-state index is -0.428. The first-order valence-corrected chi connectivity index (χ1v) is 8.66. The minimum Gasteiger partial charge on any atom is -0.482 e. The maximum atomic E-state index is 12.2. The van der Waals surface area contributed by atoms with Gasteiger partial charge >= 0.3 is 11.9 Å². The molecule has 0 fully saturated rings. The summed E-state index contributed by atoms with van der Waals surface area (Å²) in [7, 11) is 1.32. The first-order valence-electron chi connectivity index (χ1n) is 8.66. The van der Waals surface area contributed by atoms with Crippen molar-refractivity contribution in [2.45, 2.75) is 13.5 Å². The van der Waals surface area contributed by atoms with E-state index < -0.39 is 5.97 Å². The summed E-state index contributed by atoms with van der Waals surface area (Å²) in [5.41, 5.74) is 2.46. The summed E-state index contributed by atoms with van der Waals surface area (Å²) in [6, 6.07) is 15.0. The van der Waals surface area contributed by atoms with Gasteiger partial charge in [-0.1, -0.05) is 18.2 Å². The van der Waals surface area contributed by atoms with Crippen molar-refractivity contribution in [3.63, 3.8) is 0 Å². The van der Waals surface area contributed by atoms with Gasteiger partial charge < -0.3 is 18.8 Å². The smallest absolute Gasteiger partial charge is 0.343 e. The van der Waals surface area contributed by atoms with Gasteiger partial charge in [-0.15, -0.1) is 0 Å². The number of ether oxygens (including phenoxy) is 3. The highest BCUT2D eigenvalue weighted by Crippen LogP contribution is 2.24. The Balaban J connectivity index is 1.83. The van der Waals surface area contributed by atoms with Crippen LogP contribution in [-0.4, -0.2) is 36.8 Å². The molecule has 0 N–H and O–H groups in total. The molecule has 0 atom stereocenters. The van der Waals surface area contributed by atoms with E-state index in [0.29, 0.717) is 24.5 Å². The van der Waals surface area contributed by atoms with Gasteiger partial charge in [0.15, 0.2) is 6.61 Å². The summed E-state index contributed by atoms with van der Waals surface area (Å²) in [5, 5.41) is 0.978. The summed E-state index contributed by atoms with van der Waals surface area (Å²) in [6.07, 6.45) is 1.96. The number of fused-ring (bicyclic) bond motifs is 1. The molecule has 3 rings (SSSR count). The SMILES string of the molecule is CCOC(=O)c1ccccc1Cn1ccc2cc(OCC(=O)OC)ccc21. The maximum Gasteiger partial charge on any atom is 0.343 e. The van der Waals surface area contributed by atoms with E-state index in [0.717, 1.165) is 16.5 Å². The lowest BCUT2D eigenvalue weighted by Gasteiger charge is -2.11. The van der Waals surface area contributed by atoms with Gasteiger partial charge in [0.25, 0.3) is 0 Å². The molecule has 1 aromatic heterocycles. The topological polar surface area (TPSA) is 66.8 Å². The van der Waals surface area contributed by atoms with Crippen LogP contribution in [0.5, 0.6) is 5.75 Å². The van der Waals surface area contributed by atoms with E-state index in [2.05, 4.69) is 9.30 Å². The number of methoxy groups -OCH3 is 1. The van der Waals surface area contributed by atoms with Gasteiger partial charge in [-0.3, -0.25) is 0 Å². The molecule has 6 heteroatoms. The van der Waals surface area contributed by atoms with Crippen molar-refractivity contribution >= 4 is 22.8 Å². The van der Waals surface area contributed by atoms with Gasteiger partial charge in [-0.25, -0.2) is 9.59 Å². The fourth-order valence-corrected chi connectivity index (χ4v) is 2.86. The van der Waals surface area contributed by atoms with Gasteiger partial charge in [0.1, 0.15) is 5.75 Å². The number of nitrogens with zero attached hydrogens (tertiary/aromatic N) is 1. The highest BCUT2D eigenvalue weighted by atomic mass is 16.6. The van der Waals surface area contributed by atoms with Crippen molar-refractivity contribution in [1.82, 2.24) is 4.57 Å². The van der Waals surface area contributed by atoms with Crippen LogP contribution in [0.25, 0.3) is 10.9 Å². The Kier molecular flexibility index (Phi) is 5.76. The molecule has 0 saturated heterocycles. The predicted molar refractivity (Wildman–Crippen MR) is 101 cm³/mol. The predicted octanol–water partition coefficient (Wildman–Crippen LogP) is 3.42. The molecule has 0 bridgehead atoms. The molecule has 140 valence electrons. The lowest BCUT2D eigenvalue weighted by Crippen LogP contribution is -2.12. The van der Waals surface area contributed by atoms with Crippen molar-refractivity contribution in [3.8, 4) is 5.75 Å². The Morgan fingerprint density at radius 1 is 1.07 bits per heavy atom. The van der Waals surface area contributed by atoms with E-state index in [1.165, 1.54) is 7.11 Å². The third-order valence-corrected chi connectivity index (χ3v) is 4.18. The van der Waals surface area contributed by atoms with Crippen molar-refractivity contribution in [2.24, 2.45) is 0 Å². The Hall–Kier alpha value is -3.28. The largest absolute Gasteiger partial charge is 0.482 e. The Bertz CT molecular complexity index is 960. The molecule has 3 aromatic rings. The fraction of sp³-hybridized carbons (Fsp3) is 0.238. The third kappa shape index (κ3) is 4.28. The normalized spacial score (nSPS) is 10.6. The lowest BCUT2D eigenvalue weighted by atomic mass is 10.1. The second-order valence-electron chi connectivity index (χ2n) is 5.91. The van der Waals surface area contributed by atoms with Crippen LogP contribution in [0.3, 0.4) is 0 Å². The number of esters is 2. The first kappa shape index (κ1) is 18.5. The van der Waals surface area contributed by atoms with Gasteiger partial charge in [0, 0.05) is 23.6 Å². The minimum absolute atomic E-state index is 0.129. The van der Waals surface area contributed by atoms with E-state index in [1.54, 1.807) is 19.1 Å². The average molecular weight is 367 g/mol. The number of hydrogen-bond donors (Lipinski definition) is 0. The monoisotopic (exact) mass is 367 g/mol. The van der Waals surface area contributed by atoms with Crippen LogP contribution in [0.2, 0.25) is 0 Å². The number of aromatic nitrogens is 1. The van der Waals surface area contributed by atoms with Crippen molar-refractivity contribution < 1.29 is 23.8 Å². The highest BCUT2D eigenvalue weighted by molar-refractivity contribution is 5.91. The molecule has 6 nitrogen and oxygen atoms in total. The summed E-state index contributed by atoms with van der Waals surface area (Å²) < 4.78 is 17.2. The molecule has 0 unspecified atom stereocenters. The molecule has 0 aliphatic heterocycles. The van der Waals surface area contributed by atoms with Gasteiger partial charge in [-0.05, 0) is 42.8 Å². The van der Waals surface area contributed by atoms with E-state index in [9.17, 15) is 9.59 Å². The molecular weight excluding hydrogens is 346 g/mol. The van der Waals surface area contributed by atoms with Crippen LogP contribution in [0, 0.1) is 0 Å². The molecule has 0 spiro atoms. The van der Waals surface area contributed by atoms with Crippen molar-refractivity contribution in [3.05, 3.63) is 65.9 Å². The molecular formula is C21H21NO5. The zero-order valence-corrected chi connectivity index (χ0v) is 15.3. The average Bonchev–Trinajstić information content (AvgIpc) is 3.08. The highest BCUT2D eigenvalue weighted by Gasteiger charge is 2.13. The van der Waals surface area contributed by atoms with Crippen molar-refractivity contribution in [1.29, 1.82) is 0 Å². The third-order valence-electron chi connectivity index (χ3n) is 4.18. The number of carbonyl (C=O) groups excluding carboxylic acids is 2. The van der Waals surface area contributed by atoms with Crippen LogP contribution in [0.1, 0.15) is 22.8 Å². The maximum absolute atomic E-state index is 12.2. The lowest BCUT2D eigenvalue weighted by molar-refractivity contribution is -0.142. The van der Waals surface area contributed by atoms with Gasteiger partial charge in [-0.2, -0.15) is 0 Å². The standard InChI is InChI=1S/C21H21NO5/c1-3-26-21(24)18-7-5-4-6-16(18)13-22-11-10-15-12-17(8-9-19(15)22)27-14-20(23)25-2/h4-12H,3,13-14H2,1-2H3. The van der Waals surface area contributed by atoms with Crippen molar-refractivity contribution in [2.75, 3.05) is 20.3 Å². The van der Waals surface area contributed by atoms with Gasteiger partial charge in [0.2, 0.25) is 0 Å². The summed E-state index contributed by atoms with van der Waals surface area (Å²) in [5.74, 6) is -0.149. The van der Waals surface area contributed by atoms with E-state index in [4.69, 9.17) is 9.47 Å². The van der Waals surface area contributed by atoms with Crippen LogP contribution in [0.15, 0.2) is 54.7 Å². The van der Waals surface area contributed by atoms with Gasteiger partial charge in [0.05, 0.1) is 19.3 Å². The molecule has 1 heterocycles. The Morgan fingerprint density at radius 3 is 2.67 bits per heavy atom. The first-order chi connectivity index (χ1) is 13.1. The number of rotatable bonds is 7. The second kappa shape index (κ2) is 8.40. The molecule has 0 amide bonds. The zero-order valence-electron chi connectivity index (χ0n) is 15.3. The van der Waals surface area contributed by atoms with Crippen LogP contribution >= 0.6 is 0 Å². The number of benzene rings is 2. The molecule has 0 aliphatic rings. The van der Waals surface area contributed by atoms with E-state index in [-0.39, 0.29) is 12.6 Å². The Morgan fingerprint density at radius 2 is 1.89 bits per heavy atom. The number of carbonyl (C=O) groups is 2. The molecule has 0 aliphatic carbocycles. The molecule has 0 saturated carbocycles. The van der Waals surface area contributed by atoms with E-state index in [1.807, 2.05) is 42.6 Å².